The number of nitro benzene ring substituents is 1. The van der Waals surface area contributed by atoms with Gasteiger partial charge in [0.1, 0.15) is 0 Å². The molecule has 0 amide bonds. The molecule has 0 aromatic heterocycles. The number of hydrogen-bond acceptors (Lipinski definition) is 4. The average molecular weight is 371 g/mol. The second-order valence-electron chi connectivity index (χ2n) is 6.56. The lowest BCUT2D eigenvalue weighted by atomic mass is 9.84. The van der Waals surface area contributed by atoms with Crippen LogP contribution >= 0.6 is 11.6 Å². The summed E-state index contributed by atoms with van der Waals surface area (Å²) in [7, 11) is 0. The normalized spacial score (nSPS) is 20.0. The second-order valence-corrected chi connectivity index (χ2v) is 6.99. The Morgan fingerprint density at radius 3 is 2.31 bits per heavy atom. The molecule has 1 aliphatic rings. The zero-order chi connectivity index (χ0) is 18.8. The zero-order valence-electron chi connectivity index (χ0n) is 14.6. The van der Waals surface area contributed by atoms with Crippen molar-refractivity contribution in [1.29, 1.82) is 0 Å². The molecule has 0 aliphatic carbocycles. The summed E-state index contributed by atoms with van der Waals surface area (Å²) < 4.78 is 0. The van der Waals surface area contributed by atoms with Crippen LogP contribution in [0.15, 0.2) is 60.3 Å². The minimum absolute atomic E-state index is 0.0666. The summed E-state index contributed by atoms with van der Waals surface area (Å²) in [5.41, 5.74) is 2.74. The van der Waals surface area contributed by atoms with Crippen LogP contribution in [0.25, 0.3) is 0 Å². The third kappa shape index (κ3) is 3.63. The largest absolute Gasteiger partial charge is 0.365 e. The highest BCUT2D eigenvalue weighted by atomic mass is 35.5. The zero-order valence-corrected chi connectivity index (χ0v) is 15.3. The molecule has 0 unspecified atom stereocenters. The lowest BCUT2D eigenvalue weighted by molar-refractivity contribution is -0.384. The summed E-state index contributed by atoms with van der Waals surface area (Å²) in [5.74, 6) is -0.0656. The van der Waals surface area contributed by atoms with Gasteiger partial charge >= 0.3 is 0 Å². The van der Waals surface area contributed by atoms with E-state index in [0.717, 1.165) is 11.1 Å². The van der Waals surface area contributed by atoms with Gasteiger partial charge in [0.2, 0.25) is 0 Å². The van der Waals surface area contributed by atoms with Gasteiger partial charge in [0.15, 0.2) is 5.78 Å². The van der Waals surface area contributed by atoms with Gasteiger partial charge in [-0.25, -0.2) is 0 Å². The smallest absolute Gasteiger partial charge is 0.269 e. The minimum Gasteiger partial charge on any atom is -0.365 e. The topological polar surface area (TPSA) is 63.4 Å². The van der Waals surface area contributed by atoms with Crippen LogP contribution in [-0.2, 0) is 11.3 Å². The number of carbonyl (C=O) groups excluding carboxylic acids is 1. The summed E-state index contributed by atoms with van der Waals surface area (Å²) >= 11 is 6.00. The van der Waals surface area contributed by atoms with Crippen LogP contribution in [0, 0.1) is 16.0 Å². The third-order valence-electron chi connectivity index (χ3n) is 4.72. The molecule has 0 spiro atoms. The Labute approximate surface area is 157 Å². The van der Waals surface area contributed by atoms with Crippen molar-refractivity contribution in [2.24, 2.45) is 5.92 Å². The monoisotopic (exact) mass is 370 g/mol. The number of halogens is 1. The Balaban J connectivity index is 1.93. The van der Waals surface area contributed by atoms with Gasteiger partial charge in [-0.15, -0.1) is 0 Å². The van der Waals surface area contributed by atoms with Crippen LogP contribution in [0.2, 0.25) is 5.02 Å². The molecular formula is C20H19ClN2O3. The molecule has 6 heteroatoms. The number of benzene rings is 2. The number of non-ortho nitro benzene ring substituents is 1. The fourth-order valence-electron chi connectivity index (χ4n) is 3.40. The maximum absolute atomic E-state index is 12.5. The number of allylic oxidation sites excluding steroid dienone is 1. The van der Waals surface area contributed by atoms with Crippen molar-refractivity contribution in [3.05, 3.63) is 86.6 Å². The fourth-order valence-corrected chi connectivity index (χ4v) is 3.53. The van der Waals surface area contributed by atoms with Gasteiger partial charge in [0.25, 0.3) is 5.69 Å². The van der Waals surface area contributed by atoms with Crippen LogP contribution in [0.4, 0.5) is 5.69 Å². The van der Waals surface area contributed by atoms with E-state index in [4.69, 9.17) is 11.6 Å². The Hall–Kier alpha value is -2.66. The number of hydrogen-bond donors (Lipinski definition) is 0. The number of Topliss-reactive ketones (excluding diaryl/α,β-unsaturated/α-hetero) is 1. The van der Waals surface area contributed by atoms with Crippen molar-refractivity contribution in [3.63, 3.8) is 0 Å². The number of nitro groups is 1. The Kier molecular flexibility index (Phi) is 5.09. The van der Waals surface area contributed by atoms with Gasteiger partial charge in [-0.3, -0.25) is 14.9 Å². The van der Waals surface area contributed by atoms with Gasteiger partial charge in [0.05, 0.1) is 11.0 Å². The lowest BCUT2D eigenvalue weighted by Crippen LogP contribution is -2.37. The first kappa shape index (κ1) is 18.1. The highest BCUT2D eigenvalue weighted by molar-refractivity contribution is 6.30. The Morgan fingerprint density at radius 1 is 1.12 bits per heavy atom. The van der Waals surface area contributed by atoms with Gasteiger partial charge in [-0.2, -0.15) is 0 Å². The van der Waals surface area contributed by atoms with Crippen molar-refractivity contribution in [3.8, 4) is 0 Å². The number of nitrogens with zero attached hydrogens (tertiary/aromatic N) is 2. The lowest BCUT2D eigenvalue weighted by Gasteiger charge is -2.39. The second kappa shape index (κ2) is 7.30. The first-order valence-electron chi connectivity index (χ1n) is 8.34. The van der Waals surface area contributed by atoms with Crippen molar-refractivity contribution >= 4 is 23.1 Å². The SMILES string of the molecule is CC1=CN(Cc2ccc([N+](=O)[O-])cc2)[C@H](c2ccc(Cl)cc2)[C@@H](C)C1=O. The molecule has 2 atom stereocenters. The van der Waals surface area contributed by atoms with E-state index in [9.17, 15) is 14.9 Å². The molecule has 0 fully saturated rings. The molecule has 1 aliphatic heterocycles. The van der Waals surface area contributed by atoms with Crippen molar-refractivity contribution in [2.75, 3.05) is 0 Å². The van der Waals surface area contributed by atoms with E-state index in [1.165, 1.54) is 12.1 Å². The van der Waals surface area contributed by atoms with Crippen LogP contribution in [-0.4, -0.2) is 15.6 Å². The molecule has 3 rings (SSSR count). The van der Waals surface area contributed by atoms with E-state index < -0.39 is 4.92 Å². The molecule has 5 nitrogen and oxygen atoms in total. The van der Waals surface area contributed by atoms with E-state index in [2.05, 4.69) is 4.90 Å². The van der Waals surface area contributed by atoms with Gasteiger partial charge in [-0.05, 0) is 30.2 Å². The number of carbonyl (C=O) groups is 1. The molecule has 0 bridgehead atoms. The standard InChI is InChI=1S/C20H19ClN2O3/c1-13-11-22(12-15-3-9-18(10-4-15)23(25)26)19(14(2)20(13)24)16-5-7-17(21)8-6-16/h3-11,14,19H,12H2,1-2H3/t14-,19+/m1/s1. The molecule has 0 radical (unpaired) electrons. The summed E-state index contributed by atoms with van der Waals surface area (Å²) in [4.78, 5) is 25.0. The van der Waals surface area contributed by atoms with Gasteiger partial charge in [0, 0.05) is 41.4 Å². The molecule has 2 aromatic carbocycles. The van der Waals surface area contributed by atoms with E-state index in [1.54, 1.807) is 12.1 Å². The van der Waals surface area contributed by atoms with Crippen LogP contribution in [0.3, 0.4) is 0 Å². The Bertz CT molecular complexity index is 860. The van der Waals surface area contributed by atoms with Crippen LogP contribution < -0.4 is 0 Å². The molecule has 26 heavy (non-hydrogen) atoms. The van der Waals surface area contributed by atoms with Gasteiger partial charge < -0.3 is 4.90 Å². The molecular weight excluding hydrogens is 352 g/mol. The fraction of sp³-hybridized carbons (Fsp3) is 0.250. The molecule has 0 saturated heterocycles. The summed E-state index contributed by atoms with van der Waals surface area (Å²) in [6.07, 6.45) is 1.88. The molecule has 2 aromatic rings. The first-order chi connectivity index (χ1) is 12.4. The molecule has 0 N–H and O–H groups in total. The predicted molar refractivity (Wildman–Crippen MR) is 101 cm³/mol. The first-order valence-corrected chi connectivity index (χ1v) is 8.72. The summed E-state index contributed by atoms with van der Waals surface area (Å²) in [6.45, 7) is 4.31. The maximum Gasteiger partial charge on any atom is 0.269 e. The summed E-state index contributed by atoms with van der Waals surface area (Å²) in [6, 6.07) is 13.9. The van der Waals surface area contributed by atoms with Crippen molar-refractivity contribution in [2.45, 2.75) is 26.4 Å². The highest BCUT2D eigenvalue weighted by Crippen LogP contribution is 2.36. The van der Waals surface area contributed by atoms with Crippen LogP contribution in [0.1, 0.15) is 31.0 Å². The van der Waals surface area contributed by atoms with E-state index >= 15 is 0 Å². The molecule has 1 heterocycles. The Morgan fingerprint density at radius 2 is 1.73 bits per heavy atom. The summed E-state index contributed by atoms with van der Waals surface area (Å²) in [5, 5.41) is 11.5. The maximum atomic E-state index is 12.5. The number of ketones is 1. The predicted octanol–water partition coefficient (Wildman–Crippen LogP) is 4.91. The van der Waals surface area contributed by atoms with Crippen molar-refractivity contribution in [1.82, 2.24) is 4.90 Å². The van der Waals surface area contributed by atoms with Gasteiger partial charge in [-0.1, -0.05) is 42.8 Å². The van der Waals surface area contributed by atoms with Crippen LogP contribution in [0.5, 0.6) is 0 Å². The third-order valence-corrected chi connectivity index (χ3v) is 4.97. The number of rotatable bonds is 4. The van der Waals surface area contributed by atoms with E-state index in [0.29, 0.717) is 17.1 Å². The molecule has 0 saturated carbocycles. The highest BCUT2D eigenvalue weighted by Gasteiger charge is 2.34. The molecule has 134 valence electrons. The van der Waals surface area contributed by atoms with E-state index in [1.807, 2.05) is 44.3 Å². The van der Waals surface area contributed by atoms with Crippen molar-refractivity contribution < 1.29 is 9.72 Å². The van der Waals surface area contributed by atoms with E-state index in [-0.39, 0.29) is 23.4 Å². The quantitative estimate of drug-likeness (QED) is 0.566. The minimum atomic E-state index is -0.411. The average Bonchev–Trinajstić information content (AvgIpc) is 2.62.